The van der Waals surface area contributed by atoms with Crippen LogP contribution in [0.2, 0.25) is 0 Å². The molecule has 4 rings (SSSR count). The van der Waals surface area contributed by atoms with Gasteiger partial charge in [-0.1, -0.05) is 18.6 Å². The van der Waals surface area contributed by atoms with Gasteiger partial charge in [-0.15, -0.1) is 0 Å². The van der Waals surface area contributed by atoms with E-state index in [9.17, 15) is 22.0 Å². The van der Waals surface area contributed by atoms with Crippen molar-refractivity contribution in [2.24, 2.45) is 0 Å². The van der Waals surface area contributed by atoms with E-state index in [-0.39, 0.29) is 17.3 Å². The SMILES string of the molecule is C[C@@H](NC(=O)c1coc(Oc2cccc(C3CCC3)c2)n1)c1cc(F)c(NS(C)(=O)=O)c(F)c1. The molecule has 2 N–H and O–H groups in total. The van der Waals surface area contributed by atoms with Crippen molar-refractivity contribution in [3.63, 3.8) is 0 Å². The van der Waals surface area contributed by atoms with E-state index in [1.165, 1.54) is 18.9 Å². The standard InChI is InChI=1S/C23H23F2N3O5S/c1-13(16-10-18(24)21(19(25)11-16)28-34(2,30)31)26-22(29)20-12-32-23(27-20)33-17-8-4-7-15(9-17)14-5-3-6-14/h4,7-14,28H,3,5-6H2,1-2H3,(H,26,29)/t13-/m1/s1. The molecule has 0 unspecified atom stereocenters. The van der Waals surface area contributed by atoms with Crippen LogP contribution in [0.1, 0.15) is 59.8 Å². The Morgan fingerprint density at radius 2 is 1.91 bits per heavy atom. The second-order valence-electron chi connectivity index (χ2n) is 8.23. The molecule has 0 aliphatic heterocycles. The zero-order valence-corrected chi connectivity index (χ0v) is 19.3. The van der Waals surface area contributed by atoms with Gasteiger partial charge in [-0.2, -0.15) is 4.98 Å². The number of ether oxygens (including phenoxy) is 1. The minimum Gasteiger partial charge on any atom is -0.416 e. The molecule has 1 fully saturated rings. The van der Waals surface area contributed by atoms with Crippen molar-refractivity contribution in [2.75, 3.05) is 11.0 Å². The van der Waals surface area contributed by atoms with E-state index in [4.69, 9.17) is 9.15 Å². The van der Waals surface area contributed by atoms with Crippen molar-refractivity contribution in [3.8, 4) is 11.8 Å². The monoisotopic (exact) mass is 491 g/mol. The quantitative estimate of drug-likeness (QED) is 0.465. The summed E-state index contributed by atoms with van der Waals surface area (Å²) in [5.74, 6) is -1.79. The highest BCUT2D eigenvalue weighted by atomic mass is 32.2. The number of halogens is 2. The first-order chi connectivity index (χ1) is 16.1. The molecule has 1 heterocycles. The number of anilines is 1. The van der Waals surface area contributed by atoms with Crippen LogP contribution in [0.15, 0.2) is 47.1 Å². The van der Waals surface area contributed by atoms with E-state index in [2.05, 4.69) is 10.3 Å². The molecule has 2 aromatic carbocycles. The van der Waals surface area contributed by atoms with Crippen molar-refractivity contribution in [3.05, 3.63) is 71.1 Å². The lowest BCUT2D eigenvalue weighted by Crippen LogP contribution is -2.27. The summed E-state index contributed by atoms with van der Waals surface area (Å²) in [4.78, 5) is 16.6. The summed E-state index contributed by atoms with van der Waals surface area (Å²) in [7, 11) is -3.87. The molecule has 3 aromatic rings. The highest BCUT2D eigenvalue weighted by molar-refractivity contribution is 7.92. The normalized spacial score (nSPS) is 14.8. The van der Waals surface area contributed by atoms with E-state index in [0.29, 0.717) is 11.7 Å². The molecule has 1 aromatic heterocycles. The van der Waals surface area contributed by atoms with Crippen molar-refractivity contribution in [1.29, 1.82) is 0 Å². The van der Waals surface area contributed by atoms with Gasteiger partial charge < -0.3 is 14.5 Å². The molecule has 1 atom stereocenters. The number of carbonyl (C=O) groups excluding carboxylic acids is 1. The summed E-state index contributed by atoms with van der Waals surface area (Å²) in [6.45, 7) is 1.51. The fraction of sp³-hybridized carbons (Fsp3) is 0.304. The molecule has 1 aliphatic rings. The van der Waals surface area contributed by atoms with Crippen molar-refractivity contribution < 1.29 is 31.1 Å². The predicted octanol–water partition coefficient (Wildman–Crippen LogP) is 4.88. The van der Waals surface area contributed by atoms with Gasteiger partial charge in [0.2, 0.25) is 10.0 Å². The number of nitrogens with one attached hydrogen (secondary N) is 2. The van der Waals surface area contributed by atoms with Crippen molar-refractivity contribution in [2.45, 2.75) is 38.1 Å². The van der Waals surface area contributed by atoms with Crippen LogP contribution in [-0.4, -0.2) is 25.6 Å². The minimum atomic E-state index is -3.87. The Hall–Kier alpha value is -3.47. The lowest BCUT2D eigenvalue weighted by atomic mass is 9.80. The molecule has 0 radical (unpaired) electrons. The average molecular weight is 492 g/mol. The van der Waals surface area contributed by atoms with Gasteiger partial charge in [0.15, 0.2) is 17.3 Å². The van der Waals surface area contributed by atoms with Crippen LogP contribution in [-0.2, 0) is 10.0 Å². The number of benzene rings is 2. The van der Waals surface area contributed by atoms with Crippen molar-refractivity contribution in [1.82, 2.24) is 10.3 Å². The van der Waals surface area contributed by atoms with E-state index in [0.717, 1.165) is 37.5 Å². The zero-order chi connectivity index (χ0) is 24.5. The number of hydrogen-bond donors (Lipinski definition) is 2. The van der Waals surface area contributed by atoms with Crippen LogP contribution in [0.4, 0.5) is 14.5 Å². The molecule has 34 heavy (non-hydrogen) atoms. The number of amides is 1. The van der Waals surface area contributed by atoms with Gasteiger partial charge in [0, 0.05) is 0 Å². The average Bonchev–Trinajstić information content (AvgIpc) is 3.17. The van der Waals surface area contributed by atoms with E-state index in [1.54, 1.807) is 10.8 Å². The van der Waals surface area contributed by atoms with E-state index < -0.39 is 39.3 Å². The van der Waals surface area contributed by atoms with Crippen LogP contribution >= 0.6 is 0 Å². The fourth-order valence-corrected chi connectivity index (χ4v) is 4.13. The maximum atomic E-state index is 14.3. The molecular formula is C23H23F2N3O5S. The molecule has 1 saturated carbocycles. The largest absolute Gasteiger partial charge is 0.416 e. The second-order valence-corrected chi connectivity index (χ2v) is 9.98. The molecule has 0 saturated heterocycles. The number of sulfonamides is 1. The van der Waals surface area contributed by atoms with Gasteiger partial charge in [-0.3, -0.25) is 9.52 Å². The minimum absolute atomic E-state index is 0.0756. The molecule has 0 bridgehead atoms. The fourth-order valence-electron chi connectivity index (χ4n) is 3.56. The van der Waals surface area contributed by atoms with Crippen molar-refractivity contribution >= 4 is 21.6 Å². The third kappa shape index (κ3) is 5.53. The lowest BCUT2D eigenvalue weighted by molar-refractivity contribution is 0.0934. The Labute approximate surface area is 195 Å². The lowest BCUT2D eigenvalue weighted by Gasteiger charge is -2.25. The molecule has 0 spiro atoms. The zero-order valence-electron chi connectivity index (χ0n) is 18.5. The Balaban J connectivity index is 1.41. The summed E-state index contributed by atoms with van der Waals surface area (Å²) in [5.41, 5.74) is 0.409. The highest BCUT2D eigenvalue weighted by Crippen LogP contribution is 2.37. The molecule has 1 amide bonds. The summed E-state index contributed by atoms with van der Waals surface area (Å²) in [5, 5.41) is 2.56. The summed E-state index contributed by atoms with van der Waals surface area (Å²) < 4.78 is 63.7. The summed E-state index contributed by atoms with van der Waals surface area (Å²) in [6, 6.07) is 8.67. The van der Waals surface area contributed by atoms with Crippen LogP contribution in [0.25, 0.3) is 0 Å². The Bertz CT molecular complexity index is 1300. The Morgan fingerprint density at radius 3 is 2.53 bits per heavy atom. The summed E-state index contributed by atoms with van der Waals surface area (Å²) >= 11 is 0. The van der Waals surface area contributed by atoms with Gasteiger partial charge in [-0.05, 0) is 61.1 Å². The number of aromatic nitrogens is 1. The van der Waals surface area contributed by atoms with Crippen LogP contribution in [0.3, 0.4) is 0 Å². The number of carbonyl (C=O) groups is 1. The molecule has 1 aliphatic carbocycles. The number of rotatable bonds is 8. The maximum absolute atomic E-state index is 14.3. The Kier molecular flexibility index (Phi) is 6.56. The second kappa shape index (κ2) is 9.41. The molecule has 8 nitrogen and oxygen atoms in total. The highest BCUT2D eigenvalue weighted by Gasteiger charge is 2.22. The van der Waals surface area contributed by atoms with Gasteiger partial charge in [0.1, 0.15) is 17.7 Å². The maximum Gasteiger partial charge on any atom is 0.399 e. The van der Waals surface area contributed by atoms with Crippen LogP contribution < -0.4 is 14.8 Å². The van der Waals surface area contributed by atoms with Crippen LogP contribution in [0.5, 0.6) is 11.8 Å². The summed E-state index contributed by atoms with van der Waals surface area (Å²) in [6.07, 6.45) is 5.30. The molecule has 180 valence electrons. The number of nitrogens with zero attached hydrogens (tertiary/aromatic N) is 1. The molecule has 11 heteroatoms. The van der Waals surface area contributed by atoms with Gasteiger partial charge in [0.25, 0.3) is 5.91 Å². The van der Waals surface area contributed by atoms with E-state index >= 15 is 0 Å². The van der Waals surface area contributed by atoms with Gasteiger partial charge in [-0.25, -0.2) is 17.2 Å². The predicted molar refractivity (Wildman–Crippen MR) is 120 cm³/mol. The van der Waals surface area contributed by atoms with Gasteiger partial charge >= 0.3 is 6.08 Å². The first-order valence-corrected chi connectivity index (χ1v) is 12.5. The van der Waals surface area contributed by atoms with Gasteiger partial charge in [0.05, 0.1) is 12.3 Å². The topological polar surface area (TPSA) is 111 Å². The third-order valence-electron chi connectivity index (χ3n) is 5.56. The first kappa shape index (κ1) is 23.7. The first-order valence-electron chi connectivity index (χ1n) is 10.6. The van der Waals surface area contributed by atoms with E-state index in [1.807, 2.05) is 18.2 Å². The third-order valence-corrected chi connectivity index (χ3v) is 6.13. The smallest absolute Gasteiger partial charge is 0.399 e. The van der Waals surface area contributed by atoms with Crippen LogP contribution in [0, 0.1) is 11.6 Å². The molecular weight excluding hydrogens is 468 g/mol. The number of hydrogen-bond acceptors (Lipinski definition) is 6. The number of oxazole rings is 1. The Morgan fingerprint density at radius 1 is 1.21 bits per heavy atom.